The Morgan fingerprint density at radius 2 is 1.83 bits per heavy atom. The molecule has 0 bridgehead atoms. The van der Waals surface area contributed by atoms with E-state index in [4.69, 9.17) is 9.47 Å². The first-order chi connectivity index (χ1) is 14.0. The minimum absolute atomic E-state index is 0.0446. The van der Waals surface area contributed by atoms with E-state index in [-0.39, 0.29) is 12.5 Å². The number of para-hydroxylation sites is 2. The molecule has 2 atom stereocenters. The van der Waals surface area contributed by atoms with Crippen molar-refractivity contribution in [2.24, 2.45) is 0 Å². The Morgan fingerprint density at radius 3 is 2.52 bits per heavy atom. The number of benzene rings is 2. The average Bonchev–Trinajstić information content (AvgIpc) is 2.77. The van der Waals surface area contributed by atoms with Gasteiger partial charge in [-0.15, -0.1) is 0 Å². The number of carbonyl (C=O) groups is 3. The topological polar surface area (TPSA) is 84.9 Å². The number of hydrogen-bond acceptors (Lipinski definition) is 5. The lowest BCUT2D eigenvalue weighted by atomic mass is 9.97. The molecule has 7 nitrogen and oxygen atoms in total. The second kappa shape index (κ2) is 9.23. The Labute approximate surface area is 169 Å². The number of fused-ring (bicyclic) bond motifs is 1. The Kier molecular flexibility index (Phi) is 6.49. The maximum Gasteiger partial charge on any atom is 0.313 e. The molecule has 1 heterocycles. The van der Waals surface area contributed by atoms with Crippen LogP contribution in [0.2, 0.25) is 0 Å². The third-order valence-electron chi connectivity index (χ3n) is 4.85. The Bertz CT molecular complexity index is 884. The number of anilines is 1. The smallest absolute Gasteiger partial charge is 0.313 e. The van der Waals surface area contributed by atoms with E-state index in [9.17, 15) is 14.4 Å². The van der Waals surface area contributed by atoms with Crippen molar-refractivity contribution in [3.05, 3.63) is 60.2 Å². The van der Waals surface area contributed by atoms with E-state index in [0.29, 0.717) is 17.9 Å². The van der Waals surface area contributed by atoms with Gasteiger partial charge in [-0.3, -0.25) is 14.4 Å². The molecule has 2 aromatic rings. The van der Waals surface area contributed by atoms with Gasteiger partial charge >= 0.3 is 5.97 Å². The first kappa shape index (κ1) is 20.4. The lowest BCUT2D eigenvalue weighted by Crippen LogP contribution is -2.51. The van der Waals surface area contributed by atoms with Gasteiger partial charge in [-0.1, -0.05) is 49.4 Å². The van der Waals surface area contributed by atoms with Crippen LogP contribution in [-0.2, 0) is 19.1 Å². The number of nitrogens with one attached hydrogen (secondary N) is 1. The highest BCUT2D eigenvalue weighted by Gasteiger charge is 2.34. The molecule has 0 spiro atoms. The third kappa shape index (κ3) is 4.56. The Hall–Kier alpha value is -3.35. The van der Waals surface area contributed by atoms with Crippen LogP contribution in [0.5, 0.6) is 5.75 Å². The molecular weight excluding hydrogens is 372 g/mol. The summed E-state index contributed by atoms with van der Waals surface area (Å²) in [6.07, 6.45) is -0.266. The molecule has 0 radical (unpaired) electrons. The van der Waals surface area contributed by atoms with Crippen LogP contribution in [0.15, 0.2) is 54.6 Å². The fourth-order valence-electron chi connectivity index (χ4n) is 3.30. The highest BCUT2D eigenvalue weighted by molar-refractivity contribution is 5.98. The summed E-state index contributed by atoms with van der Waals surface area (Å²) in [6.45, 7) is 1.53. The summed E-state index contributed by atoms with van der Waals surface area (Å²) in [5.41, 5.74) is 1.40. The molecule has 2 unspecified atom stereocenters. The van der Waals surface area contributed by atoms with E-state index in [2.05, 4.69) is 5.32 Å². The molecule has 0 saturated heterocycles. The van der Waals surface area contributed by atoms with Crippen LogP contribution < -0.4 is 15.0 Å². The number of carbonyl (C=O) groups excluding carboxylic acids is 3. The van der Waals surface area contributed by atoms with E-state index in [1.165, 1.54) is 11.9 Å². The monoisotopic (exact) mass is 396 g/mol. The zero-order chi connectivity index (χ0) is 20.8. The van der Waals surface area contributed by atoms with Gasteiger partial charge in [0.1, 0.15) is 5.75 Å². The van der Waals surface area contributed by atoms with Crippen LogP contribution in [0.1, 0.15) is 24.8 Å². The van der Waals surface area contributed by atoms with Gasteiger partial charge in [0.25, 0.3) is 11.8 Å². The molecular formula is C22H24N2O5. The lowest BCUT2D eigenvalue weighted by Gasteiger charge is -2.33. The van der Waals surface area contributed by atoms with Crippen molar-refractivity contribution in [3.63, 3.8) is 0 Å². The summed E-state index contributed by atoms with van der Waals surface area (Å²) in [6, 6.07) is 16.3. The van der Waals surface area contributed by atoms with E-state index >= 15 is 0 Å². The van der Waals surface area contributed by atoms with Crippen LogP contribution in [-0.4, -0.2) is 44.1 Å². The molecule has 2 aromatic carbocycles. The zero-order valence-corrected chi connectivity index (χ0v) is 16.5. The summed E-state index contributed by atoms with van der Waals surface area (Å²) in [5.74, 6) is -1.19. The Morgan fingerprint density at radius 1 is 1.14 bits per heavy atom. The molecule has 1 aliphatic rings. The van der Waals surface area contributed by atoms with Gasteiger partial charge in [0.15, 0.2) is 12.7 Å². The predicted molar refractivity (Wildman–Crippen MR) is 108 cm³/mol. The number of nitrogens with zero attached hydrogens (tertiary/aromatic N) is 1. The molecule has 0 aliphatic carbocycles. The minimum atomic E-state index is -0.831. The first-order valence-corrected chi connectivity index (χ1v) is 9.54. The van der Waals surface area contributed by atoms with E-state index in [0.717, 1.165) is 5.56 Å². The van der Waals surface area contributed by atoms with Crippen LogP contribution in [0.3, 0.4) is 0 Å². The summed E-state index contributed by atoms with van der Waals surface area (Å²) < 4.78 is 11.0. The lowest BCUT2D eigenvalue weighted by molar-refractivity contribution is -0.149. The van der Waals surface area contributed by atoms with Crippen molar-refractivity contribution in [1.82, 2.24) is 5.32 Å². The number of amides is 2. The van der Waals surface area contributed by atoms with Crippen LogP contribution in [0, 0.1) is 0 Å². The second-order valence-electron chi connectivity index (χ2n) is 6.67. The van der Waals surface area contributed by atoms with Crippen LogP contribution in [0.25, 0.3) is 0 Å². The second-order valence-corrected chi connectivity index (χ2v) is 6.67. The summed E-state index contributed by atoms with van der Waals surface area (Å²) in [5, 5.41) is 2.53. The van der Waals surface area contributed by atoms with E-state index in [1.807, 2.05) is 37.3 Å². The van der Waals surface area contributed by atoms with Gasteiger partial charge in [0.05, 0.1) is 18.2 Å². The molecule has 1 aliphatic heterocycles. The average molecular weight is 396 g/mol. The molecule has 3 rings (SSSR count). The van der Waals surface area contributed by atoms with E-state index < -0.39 is 30.5 Å². The van der Waals surface area contributed by atoms with Crippen LogP contribution >= 0.6 is 0 Å². The molecule has 0 fully saturated rings. The van der Waals surface area contributed by atoms with Gasteiger partial charge in [0.2, 0.25) is 0 Å². The minimum Gasteiger partial charge on any atom is -0.477 e. The zero-order valence-electron chi connectivity index (χ0n) is 16.5. The highest BCUT2D eigenvalue weighted by atomic mass is 16.5. The number of hydrogen-bond donors (Lipinski definition) is 1. The molecule has 1 N–H and O–H groups in total. The molecule has 0 saturated carbocycles. The molecule has 0 aromatic heterocycles. The predicted octanol–water partition coefficient (Wildman–Crippen LogP) is 2.26. The maximum absolute atomic E-state index is 12.8. The quantitative estimate of drug-likeness (QED) is 0.757. The molecule has 152 valence electrons. The standard InChI is InChI=1S/C22H24N2O5/c1-3-16(15-9-5-4-6-10-15)22(27)28-14-20(25)24-13-19(21(26)23-2)29-18-12-8-7-11-17(18)24/h4-12,16,19H,3,13-14H2,1-2H3,(H,23,26). The van der Waals surface area contributed by atoms with Gasteiger partial charge in [-0.25, -0.2) is 0 Å². The SMILES string of the molecule is CCC(C(=O)OCC(=O)N1CC(C(=O)NC)Oc2ccccc21)c1ccccc1. The fourth-order valence-corrected chi connectivity index (χ4v) is 3.30. The largest absolute Gasteiger partial charge is 0.477 e. The Balaban J connectivity index is 1.71. The maximum atomic E-state index is 12.8. The van der Waals surface area contributed by atoms with Gasteiger partial charge in [-0.05, 0) is 24.1 Å². The van der Waals surface area contributed by atoms with Crippen molar-refractivity contribution in [3.8, 4) is 5.75 Å². The summed E-state index contributed by atoms with van der Waals surface area (Å²) >= 11 is 0. The van der Waals surface area contributed by atoms with Gasteiger partial charge in [0, 0.05) is 7.05 Å². The number of rotatable bonds is 6. The number of esters is 1. The summed E-state index contributed by atoms with van der Waals surface area (Å²) in [4.78, 5) is 38.8. The third-order valence-corrected chi connectivity index (χ3v) is 4.85. The molecule has 2 amide bonds. The van der Waals surface area contributed by atoms with Crippen molar-refractivity contribution >= 4 is 23.5 Å². The van der Waals surface area contributed by atoms with Crippen molar-refractivity contribution in [2.45, 2.75) is 25.4 Å². The fraction of sp³-hybridized carbons (Fsp3) is 0.318. The number of likely N-dealkylation sites (N-methyl/N-ethyl adjacent to an activating group) is 1. The van der Waals surface area contributed by atoms with Gasteiger partial charge < -0.3 is 19.7 Å². The van der Waals surface area contributed by atoms with Crippen LogP contribution in [0.4, 0.5) is 5.69 Å². The van der Waals surface area contributed by atoms with Crippen molar-refractivity contribution < 1.29 is 23.9 Å². The molecule has 7 heteroatoms. The van der Waals surface area contributed by atoms with Crippen molar-refractivity contribution in [1.29, 1.82) is 0 Å². The number of ether oxygens (including phenoxy) is 2. The highest BCUT2D eigenvalue weighted by Crippen LogP contribution is 2.33. The molecule has 29 heavy (non-hydrogen) atoms. The van der Waals surface area contributed by atoms with E-state index in [1.54, 1.807) is 24.3 Å². The van der Waals surface area contributed by atoms with Gasteiger partial charge in [-0.2, -0.15) is 0 Å². The summed E-state index contributed by atoms with van der Waals surface area (Å²) in [7, 11) is 1.51. The van der Waals surface area contributed by atoms with Crippen molar-refractivity contribution in [2.75, 3.05) is 25.1 Å². The first-order valence-electron chi connectivity index (χ1n) is 9.54. The normalized spacial score (nSPS) is 16.2.